The number of urea groups is 1. The Kier molecular flexibility index (Phi) is 5.27. The summed E-state index contributed by atoms with van der Waals surface area (Å²) in [4.78, 5) is 11.8. The number of halogens is 1. The average Bonchev–Trinajstić information content (AvgIpc) is 2.94. The van der Waals surface area contributed by atoms with Gasteiger partial charge >= 0.3 is 6.03 Å². The van der Waals surface area contributed by atoms with E-state index in [2.05, 4.69) is 20.8 Å². The molecule has 0 aliphatic rings. The summed E-state index contributed by atoms with van der Waals surface area (Å²) in [5.74, 6) is -0.377. The summed E-state index contributed by atoms with van der Waals surface area (Å²) in [5, 5.41) is 24.2. The third-order valence-corrected chi connectivity index (χ3v) is 4.26. The van der Waals surface area contributed by atoms with E-state index in [0.717, 1.165) is 5.01 Å². The molecule has 1 heterocycles. The highest BCUT2D eigenvalue weighted by Crippen LogP contribution is 2.27. The van der Waals surface area contributed by atoms with Gasteiger partial charge in [-0.05, 0) is 17.7 Å². The van der Waals surface area contributed by atoms with E-state index in [1.54, 1.807) is 0 Å². The van der Waals surface area contributed by atoms with Crippen molar-refractivity contribution in [2.45, 2.75) is 32.3 Å². The zero-order valence-corrected chi connectivity index (χ0v) is 13.9. The molecule has 0 spiro atoms. The fourth-order valence-electron chi connectivity index (χ4n) is 1.71. The number of anilines is 1. The predicted octanol–water partition coefficient (Wildman–Crippen LogP) is 2.83. The van der Waals surface area contributed by atoms with Gasteiger partial charge in [0.1, 0.15) is 10.8 Å². The number of hydrogen-bond acceptors (Lipinski definition) is 5. The maximum absolute atomic E-state index is 12.8. The Labute approximate surface area is 137 Å². The van der Waals surface area contributed by atoms with Gasteiger partial charge in [0.2, 0.25) is 5.13 Å². The van der Waals surface area contributed by atoms with Crippen molar-refractivity contribution in [1.82, 2.24) is 15.5 Å². The highest BCUT2D eigenvalue weighted by atomic mass is 32.1. The molecule has 1 aromatic carbocycles. The number of aliphatic hydroxyl groups is 1. The summed E-state index contributed by atoms with van der Waals surface area (Å²) in [6.45, 7) is 6.03. The van der Waals surface area contributed by atoms with Gasteiger partial charge in [-0.1, -0.05) is 44.2 Å². The van der Waals surface area contributed by atoms with Crippen LogP contribution in [0.1, 0.15) is 37.4 Å². The Hall–Kier alpha value is -2.06. The number of rotatable bonds is 4. The maximum Gasteiger partial charge on any atom is 0.321 e. The van der Waals surface area contributed by atoms with Crippen LogP contribution in [0.5, 0.6) is 0 Å². The van der Waals surface area contributed by atoms with Crippen LogP contribution in [0.15, 0.2) is 24.3 Å². The molecule has 0 saturated carbocycles. The Morgan fingerprint density at radius 2 is 1.96 bits per heavy atom. The molecular formula is C15H19FN4O2S. The van der Waals surface area contributed by atoms with Crippen molar-refractivity contribution in [2.24, 2.45) is 0 Å². The van der Waals surface area contributed by atoms with Gasteiger partial charge in [0.05, 0.1) is 6.10 Å². The summed E-state index contributed by atoms with van der Waals surface area (Å²) >= 11 is 1.30. The van der Waals surface area contributed by atoms with Crippen LogP contribution in [0.3, 0.4) is 0 Å². The number of aliphatic hydroxyl groups excluding tert-OH is 1. The molecule has 0 aliphatic heterocycles. The van der Waals surface area contributed by atoms with Gasteiger partial charge in [0, 0.05) is 12.0 Å². The topological polar surface area (TPSA) is 87.1 Å². The Balaban J connectivity index is 1.85. The third-order valence-electron chi connectivity index (χ3n) is 3.00. The summed E-state index contributed by atoms with van der Waals surface area (Å²) in [6.07, 6.45) is -0.916. The quantitative estimate of drug-likeness (QED) is 0.800. The largest absolute Gasteiger partial charge is 0.387 e. The van der Waals surface area contributed by atoms with E-state index in [9.17, 15) is 14.3 Å². The van der Waals surface area contributed by atoms with E-state index in [1.807, 2.05) is 20.8 Å². The van der Waals surface area contributed by atoms with Crippen LogP contribution in [0.25, 0.3) is 0 Å². The second-order valence-corrected chi connectivity index (χ2v) is 7.04. The molecule has 124 valence electrons. The number of carbonyl (C=O) groups excluding carboxylic acids is 1. The van der Waals surface area contributed by atoms with Crippen LogP contribution in [-0.4, -0.2) is 27.9 Å². The summed E-state index contributed by atoms with van der Waals surface area (Å²) < 4.78 is 12.8. The SMILES string of the molecule is CC(C)(C)c1nnc(NC(=O)NCC(O)c2ccc(F)cc2)s1. The van der Waals surface area contributed by atoms with Gasteiger partial charge in [-0.15, -0.1) is 10.2 Å². The molecule has 0 radical (unpaired) electrons. The third kappa shape index (κ3) is 4.97. The first-order valence-electron chi connectivity index (χ1n) is 7.08. The van der Waals surface area contributed by atoms with Gasteiger partial charge in [-0.2, -0.15) is 0 Å². The summed E-state index contributed by atoms with van der Waals surface area (Å²) in [6, 6.07) is 4.98. The van der Waals surface area contributed by atoms with Crippen molar-refractivity contribution < 1.29 is 14.3 Å². The van der Waals surface area contributed by atoms with Crippen molar-refractivity contribution in [1.29, 1.82) is 0 Å². The molecule has 0 saturated heterocycles. The first kappa shape index (κ1) is 17.3. The normalized spacial score (nSPS) is 12.7. The van der Waals surface area contributed by atoms with Crippen LogP contribution in [0.2, 0.25) is 0 Å². The minimum absolute atomic E-state index is 0.00238. The van der Waals surface area contributed by atoms with Crippen LogP contribution in [0, 0.1) is 5.82 Å². The van der Waals surface area contributed by atoms with Crippen LogP contribution >= 0.6 is 11.3 Å². The molecule has 0 fully saturated rings. The lowest BCUT2D eigenvalue weighted by molar-refractivity contribution is 0.175. The minimum atomic E-state index is -0.916. The molecule has 1 aromatic heterocycles. The highest BCUT2D eigenvalue weighted by molar-refractivity contribution is 7.15. The van der Waals surface area contributed by atoms with Crippen molar-refractivity contribution in [3.63, 3.8) is 0 Å². The molecule has 2 aromatic rings. The number of amides is 2. The van der Waals surface area contributed by atoms with E-state index in [1.165, 1.54) is 35.6 Å². The van der Waals surface area contributed by atoms with Crippen LogP contribution < -0.4 is 10.6 Å². The van der Waals surface area contributed by atoms with Crippen molar-refractivity contribution in [2.75, 3.05) is 11.9 Å². The van der Waals surface area contributed by atoms with E-state index in [-0.39, 0.29) is 17.8 Å². The molecule has 1 atom stereocenters. The van der Waals surface area contributed by atoms with Gasteiger partial charge in [-0.25, -0.2) is 9.18 Å². The fourth-order valence-corrected chi connectivity index (χ4v) is 2.51. The first-order valence-corrected chi connectivity index (χ1v) is 7.90. The van der Waals surface area contributed by atoms with Crippen LogP contribution in [0.4, 0.5) is 14.3 Å². The van der Waals surface area contributed by atoms with E-state index >= 15 is 0 Å². The van der Waals surface area contributed by atoms with E-state index < -0.39 is 12.1 Å². The highest BCUT2D eigenvalue weighted by Gasteiger charge is 2.20. The molecule has 0 aliphatic carbocycles. The standard InChI is InChI=1S/C15H19FN4O2S/c1-15(2,3)12-19-20-14(23-12)18-13(22)17-8-11(21)9-4-6-10(16)7-5-9/h4-7,11,21H,8H2,1-3H3,(H2,17,18,20,22). The van der Waals surface area contributed by atoms with Crippen molar-refractivity contribution >= 4 is 22.5 Å². The zero-order valence-electron chi connectivity index (χ0n) is 13.1. The summed E-state index contributed by atoms with van der Waals surface area (Å²) in [7, 11) is 0. The predicted molar refractivity (Wildman–Crippen MR) is 87.0 cm³/mol. The lowest BCUT2D eigenvalue weighted by Crippen LogP contribution is -2.32. The fraction of sp³-hybridized carbons (Fsp3) is 0.400. The summed E-state index contributed by atoms with van der Waals surface area (Å²) in [5.41, 5.74) is 0.393. The molecule has 1 unspecified atom stereocenters. The molecule has 2 amide bonds. The Morgan fingerprint density at radius 1 is 1.30 bits per heavy atom. The van der Waals surface area contributed by atoms with E-state index in [4.69, 9.17) is 0 Å². The monoisotopic (exact) mass is 338 g/mol. The lowest BCUT2D eigenvalue weighted by Gasteiger charge is -2.13. The van der Waals surface area contributed by atoms with Gasteiger partial charge in [0.25, 0.3) is 0 Å². The number of carbonyl (C=O) groups is 1. The second kappa shape index (κ2) is 7.01. The number of aromatic nitrogens is 2. The molecule has 3 N–H and O–H groups in total. The van der Waals surface area contributed by atoms with Gasteiger partial charge < -0.3 is 10.4 Å². The lowest BCUT2D eigenvalue weighted by atomic mass is 9.98. The maximum atomic E-state index is 12.8. The second-order valence-electron chi connectivity index (χ2n) is 6.06. The molecule has 2 rings (SSSR count). The molecule has 23 heavy (non-hydrogen) atoms. The van der Waals surface area contributed by atoms with Gasteiger partial charge in [0.15, 0.2) is 0 Å². The van der Waals surface area contributed by atoms with Crippen molar-refractivity contribution in [3.8, 4) is 0 Å². The van der Waals surface area contributed by atoms with Gasteiger partial charge in [-0.3, -0.25) is 5.32 Å². The molecular weight excluding hydrogens is 319 g/mol. The Bertz CT molecular complexity index is 667. The van der Waals surface area contributed by atoms with Crippen molar-refractivity contribution in [3.05, 3.63) is 40.7 Å². The molecule has 0 bridgehead atoms. The zero-order chi connectivity index (χ0) is 17.0. The number of nitrogens with one attached hydrogen (secondary N) is 2. The number of nitrogens with zero attached hydrogens (tertiary/aromatic N) is 2. The first-order chi connectivity index (χ1) is 10.8. The average molecular weight is 338 g/mol. The van der Waals surface area contributed by atoms with E-state index in [0.29, 0.717) is 10.7 Å². The smallest absolute Gasteiger partial charge is 0.321 e. The minimum Gasteiger partial charge on any atom is -0.387 e. The number of benzene rings is 1. The molecule has 6 nitrogen and oxygen atoms in total. The Morgan fingerprint density at radius 3 is 2.52 bits per heavy atom. The number of hydrogen-bond donors (Lipinski definition) is 3. The molecule has 8 heteroatoms. The van der Waals surface area contributed by atoms with Crippen LogP contribution in [-0.2, 0) is 5.41 Å².